The van der Waals surface area contributed by atoms with Gasteiger partial charge in [0, 0.05) is 20.2 Å². The summed E-state index contributed by atoms with van der Waals surface area (Å²) >= 11 is 0. The van der Waals surface area contributed by atoms with E-state index in [0.717, 1.165) is 0 Å². The molecule has 20 heavy (non-hydrogen) atoms. The van der Waals surface area contributed by atoms with Gasteiger partial charge in [-0.3, -0.25) is 4.79 Å². The van der Waals surface area contributed by atoms with Gasteiger partial charge in [0.05, 0.1) is 19.6 Å². The highest BCUT2D eigenvalue weighted by Crippen LogP contribution is 2.18. The summed E-state index contributed by atoms with van der Waals surface area (Å²) in [6.07, 6.45) is 1.03. The molecule has 8 heteroatoms. The van der Waals surface area contributed by atoms with Crippen molar-refractivity contribution in [3.8, 4) is 0 Å². The average molecular weight is 288 g/mol. The Hall–Kier alpha value is -1.83. The van der Waals surface area contributed by atoms with Crippen LogP contribution in [0.5, 0.6) is 0 Å². The molecule has 1 atom stereocenters. The van der Waals surface area contributed by atoms with Crippen molar-refractivity contribution >= 4 is 18.0 Å². The number of carboxylic acid groups (broad SMARTS) is 1. The van der Waals surface area contributed by atoms with Crippen LogP contribution in [0.1, 0.15) is 12.8 Å². The molecule has 0 aromatic carbocycles. The zero-order chi connectivity index (χ0) is 15.1. The summed E-state index contributed by atoms with van der Waals surface area (Å²) in [7, 11) is 2.70. The summed E-state index contributed by atoms with van der Waals surface area (Å²) in [6.45, 7) is 0.690. The summed E-state index contributed by atoms with van der Waals surface area (Å²) in [5.41, 5.74) is 0. The first-order valence-electron chi connectivity index (χ1n) is 6.34. The second kappa shape index (κ2) is 7.68. The zero-order valence-corrected chi connectivity index (χ0v) is 11.6. The lowest BCUT2D eigenvalue weighted by Crippen LogP contribution is -2.52. The number of hydrogen-bond acceptors (Lipinski definition) is 5. The largest absolute Gasteiger partial charge is 0.480 e. The van der Waals surface area contributed by atoms with E-state index in [1.165, 1.54) is 19.1 Å². The van der Waals surface area contributed by atoms with Crippen molar-refractivity contribution < 1.29 is 29.0 Å². The van der Waals surface area contributed by atoms with Gasteiger partial charge in [0.2, 0.25) is 0 Å². The molecule has 2 amide bonds. The monoisotopic (exact) mass is 288 g/mol. The molecular weight excluding hydrogens is 268 g/mol. The van der Waals surface area contributed by atoms with E-state index in [9.17, 15) is 14.4 Å². The third-order valence-electron chi connectivity index (χ3n) is 3.25. The number of likely N-dealkylation sites (tertiary alicyclic amines) is 1. The predicted octanol–water partition coefficient (Wildman–Crippen LogP) is -0.319. The van der Waals surface area contributed by atoms with Crippen molar-refractivity contribution in [2.75, 3.05) is 33.9 Å². The molecular formula is C12H20N2O6. The Morgan fingerprint density at radius 3 is 2.35 bits per heavy atom. The van der Waals surface area contributed by atoms with Gasteiger partial charge in [-0.15, -0.1) is 0 Å². The topological polar surface area (TPSA) is 105 Å². The number of methoxy groups -OCH3 is 2. The summed E-state index contributed by atoms with van der Waals surface area (Å²) in [4.78, 5) is 35.7. The molecule has 1 aliphatic heterocycles. The molecule has 1 aliphatic rings. The number of aliphatic carboxylic acids is 1. The summed E-state index contributed by atoms with van der Waals surface area (Å²) in [5, 5.41) is 11.3. The lowest BCUT2D eigenvalue weighted by Gasteiger charge is -2.31. The quantitative estimate of drug-likeness (QED) is 0.672. The number of rotatable bonds is 5. The molecule has 114 valence electrons. The van der Waals surface area contributed by atoms with E-state index in [2.05, 4.69) is 10.1 Å². The molecule has 0 spiro atoms. The minimum atomic E-state index is -1.15. The molecule has 0 bridgehead atoms. The van der Waals surface area contributed by atoms with Crippen LogP contribution in [0.25, 0.3) is 0 Å². The van der Waals surface area contributed by atoms with Gasteiger partial charge in [0.25, 0.3) is 0 Å². The third kappa shape index (κ3) is 4.37. The Morgan fingerprint density at radius 1 is 1.30 bits per heavy atom. The number of amides is 2. The predicted molar refractivity (Wildman–Crippen MR) is 68.1 cm³/mol. The number of esters is 1. The van der Waals surface area contributed by atoms with Crippen LogP contribution in [-0.4, -0.2) is 67.9 Å². The molecule has 0 saturated carbocycles. The lowest BCUT2D eigenvalue weighted by molar-refractivity contribution is -0.146. The average Bonchev–Trinajstić information content (AvgIpc) is 2.45. The molecule has 0 aliphatic carbocycles. The molecule has 0 aromatic rings. The minimum absolute atomic E-state index is 0.0975. The van der Waals surface area contributed by atoms with Crippen molar-refractivity contribution in [1.29, 1.82) is 0 Å². The molecule has 8 nitrogen and oxygen atoms in total. The fourth-order valence-corrected chi connectivity index (χ4v) is 2.07. The Labute approximate surface area is 117 Å². The van der Waals surface area contributed by atoms with Gasteiger partial charge in [-0.05, 0) is 12.8 Å². The molecule has 1 unspecified atom stereocenters. The maximum atomic E-state index is 11.9. The number of hydrogen-bond donors (Lipinski definition) is 2. The first-order valence-corrected chi connectivity index (χ1v) is 6.34. The second-order valence-electron chi connectivity index (χ2n) is 4.58. The van der Waals surface area contributed by atoms with Crippen LogP contribution in [0.15, 0.2) is 0 Å². The smallest absolute Gasteiger partial charge is 0.328 e. The van der Waals surface area contributed by atoms with E-state index in [1.54, 1.807) is 0 Å². The van der Waals surface area contributed by atoms with Crippen molar-refractivity contribution in [3.05, 3.63) is 0 Å². The number of carbonyl (C=O) groups excluding carboxylic acids is 2. The van der Waals surface area contributed by atoms with Crippen LogP contribution in [0.3, 0.4) is 0 Å². The molecule has 1 heterocycles. The maximum Gasteiger partial charge on any atom is 0.328 e. The number of piperidine rings is 1. The van der Waals surface area contributed by atoms with Crippen molar-refractivity contribution in [1.82, 2.24) is 10.2 Å². The summed E-state index contributed by atoms with van der Waals surface area (Å²) in [6, 6.07) is -1.54. The first kappa shape index (κ1) is 16.2. The van der Waals surface area contributed by atoms with Gasteiger partial charge in [0.15, 0.2) is 6.04 Å². The molecule has 1 fully saturated rings. The SMILES string of the molecule is COCC(NC(=O)N1CCC(C(=O)OC)CC1)C(=O)O. The van der Waals surface area contributed by atoms with Gasteiger partial charge >= 0.3 is 18.0 Å². The highest BCUT2D eigenvalue weighted by molar-refractivity contribution is 5.83. The van der Waals surface area contributed by atoms with E-state index in [-0.39, 0.29) is 18.5 Å². The van der Waals surface area contributed by atoms with Crippen LogP contribution in [0, 0.1) is 5.92 Å². The highest BCUT2D eigenvalue weighted by atomic mass is 16.5. The van der Waals surface area contributed by atoms with Crippen LogP contribution >= 0.6 is 0 Å². The number of carboxylic acids is 1. The van der Waals surface area contributed by atoms with Crippen LogP contribution in [0.2, 0.25) is 0 Å². The Balaban J connectivity index is 2.46. The van der Waals surface area contributed by atoms with E-state index >= 15 is 0 Å². The Kier molecular flexibility index (Phi) is 6.23. The number of nitrogens with one attached hydrogen (secondary N) is 1. The molecule has 1 saturated heterocycles. The number of ether oxygens (including phenoxy) is 2. The first-order chi connectivity index (χ1) is 9.49. The highest BCUT2D eigenvalue weighted by Gasteiger charge is 2.29. The van der Waals surface area contributed by atoms with Gasteiger partial charge in [-0.1, -0.05) is 0 Å². The van der Waals surface area contributed by atoms with E-state index in [4.69, 9.17) is 9.84 Å². The van der Waals surface area contributed by atoms with E-state index < -0.39 is 18.0 Å². The standard InChI is InChI=1S/C12H20N2O6/c1-19-7-9(10(15)16)13-12(18)14-5-3-8(4-6-14)11(17)20-2/h8-9H,3-7H2,1-2H3,(H,13,18)(H,15,16). The minimum Gasteiger partial charge on any atom is -0.480 e. The molecule has 0 radical (unpaired) electrons. The van der Waals surface area contributed by atoms with Crippen LogP contribution < -0.4 is 5.32 Å². The zero-order valence-electron chi connectivity index (χ0n) is 11.6. The van der Waals surface area contributed by atoms with Crippen LogP contribution in [-0.2, 0) is 19.1 Å². The van der Waals surface area contributed by atoms with Gasteiger partial charge in [0.1, 0.15) is 0 Å². The number of nitrogens with zero attached hydrogens (tertiary/aromatic N) is 1. The lowest BCUT2D eigenvalue weighted by atomic mass is 9.97. The van der Waals surface area contributed by atoms with Gasteiger partial charge in [-0.25, -0.2) is 9.59 Å². The second-order valence-corrected chi connectivity index (χ2v) is 4.58. The van der Waals surface area contributed by atoms with Crippen molar-refractivity contribution in [3.63, 3.8) is 0 Å². The summed E-state index contributed by atoms with van der Waals surface area (Å²) in [5.74, 6) is -1.62. The fraction of sp³-hybridized carbons (Fsp3) is 0.750. The Morgan fingerprint density at radius 2 is 1.90 bits per heavy atom. The maximum absolute atomic E-state index is 11.9. The van der Waals surface area contributed by atoms with Crippen molar-refractivity contribution in [2.24, 2.45) is 5.92 Å². The van der Waals surface area contributed by atoms with Gasteiger partial charge in [-0.2, -0.15) is 0 Å². The molecule has 0 aromatic heterocycles. The summed E-state index contributed by atoms with van der Waals surface area (Å²) < 4.78 is 9.40. The number of urea groups is 1. The number of carbonyl (C=O) groups is 3. The Bertz CT molecular complexity index is 365. The fourth-order valence-electron chi connectivity index (χ4n) is 2.07. The molecule has 2 N–H and O–H groups in total. The van der Waals surface area contributed by atoms with E-state index in [1.807, 2.05) is 0 Å². The molecule has 1 rings (SSSR count). The normalized spacial score (nSPS) is 17.4. The van der Waals surface area contributed by atoms with Crippen molar-refractivity contribution in [2.45, 2.75) is 18.9 Å². The van der Waals surface area contributed by atoms with Crippen LogP contribution in [0.4, 0.5) is 4.79 Å². The van der Waals surface area contributed by atoms with Gasteiger partial charge < -0.3 is 24.8 Å². The third-order valence-corrected chi connectivity index (χ3v) is 3.25. The van der Waals surface area contributed by atoms with E-state index in [0.29, 0.717) is 25.9 Å².